The summed E-state index contributed by atoms with van der Waals surface area (Å²) < 4.78 is 11.2. The van der Waals surface area contributed by atoms with Crippen LogP contribution in [0.15, 0.2) is 18.2 Å². The van der Waals surface area contributed by atoms with E-state index in [9.17, 15) is 9.90 Å². The van der Waals surface area contributed by atoms with Crippen molar-refractivity contribution in [1.82, 2.24) is 5.32 Å². The zero-order valence-electron chi connectivity index (χ0n) is 15.1. The number of carbonyl (C=O) groups excluding carboxylic acids is 1. The fourth-order valence-electron chi connectivity index (χ4n) is 2.81. The van der Waals surface area contributed by atoms with E-state index in [-0.39, 0.29) is 12.2 Å². The lowest BCUT2D eigenvalue weighted by Crippen LogP contribution is -2.33. The van der Waals surface area contributed by atoms with Crippen LogP contribution in [0, 0.1) is 0 Å². The highest BCUT2D eigenvalue weighted by atomic mass is 16.6. The second-order valence-corrected chi connectivity index (χ2v) is 7.37. The topological polar surface area (TPSA) is 67.8 Å². The maximum atomic E-state index is 11.6. The number of aliphatic hydroxyl groups excluding tert-OH is 1. The van der Waals surface area contributed by atoms with Crippen molar-refractivity contribution in [2.45, 2.75) is 71.2 Å². The molecule has 1 heterocycles. The summed E-state index contributed by atoms with van der Waals surface area (Å²) >= 11 is 0. The van der Waals surface area contributed by atoms with Gasteiger partial charge in [0.25, 0.3) is 0 Å². The largest absolute Gasteiger partial charge is 0.487 e. The van der Waals surface area contributed by atoms with Crippen LogP contribution >= 0.6 is 0 Å². The van der Waals surface area contributed by atoms with Gasteiger partial charge in [-0.2, -0.15) is 0 Å². The number of para-hydroxylation sites is 1. The highest BCUT2D eigenvalue weighted by Gasteiger charge is 2.25. The first kappa shape index (κ1) is 18.6. The second-order valence-electron chi connectivity index (χ2n) is 7.37. The van der Waals surface area contributed by atoms with Crippen LogP contribution in [0.2, 0.25) is 0 Å². The van der Waals surface area contributed by atoms with Gasteiger partial charge in [0.1, 0.15) is 17.5 Å². The van der Waals surface area contributed by atoms with Crippen LogP contribution in [0.5, 0.6) is 5.75 Å². The number of ether oxygens (including phenoxy) is 2. The van der Waals surface area contributed by atoms with E-state index < -0.39 is 11.7 Å². The molecular formula is C19H29NO4. The minimum atomic E-state index is -0.480. The van der Waals surface area contributed by atoms with Gasteiger partial charge in [0, 0.05) is 6.54 Å². The van der Waals surface area contributed by atoms with Crippen LogP contribution < -0.4 is 10.1 Å². The molecule has 0 bridgehead atoms. The zero-order valence-corrected chi connectivity index (χ0v) is 15.1. The molecule has 0 saturated heterocycles. The first-order chi connectivity index (χ1) is 11.3. The van der Waals surface area contributed by atoms with Crippen molar-refractivity contribution in [3.05, 3.63) is 29.3 Å². The lowest BCUT2D eigenvalue weighted by atomic mass is 9.95. The summed E-state index contributed by atoms with van der Waals surface area (Å²) in [5, 5.41) is 12.5. The molecule has 0 unspecified atom stereocenters. The Morgan fingerprint density at radius 3 is 2.88 bits per heavy atom. The first-order valence-corrected chi connectivity index (χ1v) is 8.68. The van der Waals surface area contributed by atoms with E-state index in [1.165, 1.54) is 5.56 Å². The Bertz CT molecular complexity index is 563. The van der Waals surface area contributed by atoms with E-state index in [2.05, 4.69) is 17.4 Å². The molecule has 0 radical (unpaired) electrons. The molecule has 0 fully saturated rings. The van der Waals surface area contributed by atoms with Gasteiger partial charge in [0.15, 0.2) is 0 Å². The molecule has 24 heavy (non-hydrogen) atoms. The predicted molar refractivity (Wildman–Crippen MR) is 93.4 cm³/mol. The fourth-order valence-corrected chi connectivity index (χ4v) is 2.81. The molecule has 1 aliphatic heterocycles. The monoisotopic (exact) mass is 335 g/mol. The minimum Gasteiger partial charge on any atom is -0.487 e. The highest BCUT2D eigenvalue weighted by Crippen LogP contribution is 2.32. The van der Waals surface area contributed by atoms with Gasteiger partial charge in [0.2, 0.25) is 0 Å². The molecule has 1 aromatic rings. The number of alkyl carbamates (subject to hydrolysis) is 1. The summed E-state index contributed by atoms with van der Waals surface area (Å²) in [4.78, 5) is 11.6. The summed E-state index contributed by atoms with van der Waals surface area (Å²) in [5.41, 5.74) is 1.85. The molecule has 1 aliphatic rings. The average molecular weight is 335 g/mol. The van der Waals surface area contributed by atoms with Gasteiger partial charge in [0.05, 0.1) is 6.10 Å². The number of aryl methyl sites for hydroxylation is 2. The molecule has 1 amide bonds. The number of fused-ring (bicyclic) bond motifs is 1. The number of aliphatic hydroxyl groups is 1. The molecule has 5 nitrogen and oxygen atoms in total. The Hall–Kier alpha value is -1.75. The molecular weight excluding hydrogens is 306 g/mol. The van der Waals surface area contributed by atoms with E-state index in [1.807, 2.05) is 26.8 Å². The summed E-state index contributed by atoms with van der Waals surface area (Å²) in [6.07, 6.45) is 2.38. The quantitative estimate of drug-likeness (QED) is 0.811. The minimum absolute atomic E-state index is 0.140. The van der Waals surface area contributed by atoms with Crippen molar-refractivity contribution in [3.63, 3.8) is 0 Å². The van der Waals surface area contributed by atoms with Crippen LogP contribution in [-0.2, 0) is 17.6 Å². The predicted octanol–water partition coefficient (Wildman–Crippen LogP) is 3.22. The maximum absolute atomic E-state index is 11.6. The van der Waals surface area contributed by atoms with Crippen LogP contribution in [0.3, 0.4) is 0 Å². The second kappa shape index (κ2) is 7.88. The zero-order chi connectivity index (χ0) is 17.7. The summed E-state index contributed by atoms with van der Waals surface area (Å²) in [7, 11) is 0. The molecule has 2 rings (SSSR count). The molecule has 2 atom stereocenters. The SMILES string of the molecule is C[C@@H](O)[C@H]1CCc2cccc(CCCNC(=O)OC(C)(C)C)c2O1. The molecule has 134 valence electrons. The van der Waals surface area contributed by atoms with E-state index in [0.717, 1.165) is 37.0 Å². The van der Waals surface area contributed by atoms with Gasteiger partial charge >= 0.3 is 6.09 Å². The Morgan fingerprint density at radius 2 is 2.21 bits per heavy atom. The molecule has 0 aromatic heterocycles. The van der Waals surface area contributed by atoms with Crippen LogP contribution in [0.4, 0.5) is 4.79 Å². The summed E-state index contributed by atoms with van der Waals surface area (Å²) in [5.74, 6) is 0.909. The van der Waals surface area contributed by atoms with Crippen molar-refractivity contribution < 1.29 is 19.4 Å². The third-order valence-electron chi connectivity index (χ3n) is 3.97. The number of carbonyl (C=O) groups is 1. The number of rotatable bonds is 5. The number of benzene rings is 1. The normalized spacial score (nSPS) is 18.3. The van der Waals surface area contributed by atoms with E-state index in [4.69, 9.17) is 9.47 Å². The van der Waals surface area contributed by atoms with E-state index in [0.29, 0.717) is 6.54 Å². The molecule has 5 heteroatoms. The fraction of sp³-hybridized carbons (Fsp3) is 0.632. The number of amides is 1. The van der Waals surface area contributed by atoms with Gasteiger partial charge in [-0.25, -0.2) is 4.79 Å². The summed E-state index contributed by atoms with van der Waals surface area (Å²) in [6.45, 7) is 7.86. The summed E-state index contributed by atoms with van der Waals surface area (Å²) in [6, 6.07) is 6.17. The molecule has 1 aromatic carbocycles. The maximum Gasteiger partial charge on any atom is 0.407 e. The highest BCUT2D eigenvalue weighted by molar-refractivity contribution is 5.67. The Labute approximate surface area is 144 Å². The Balaban J connectivity index is 1.87. The van der Waals surface area contributed by atoms with Gasteiger partial charge in [-0.3, -0.25) is 0 Å². The van der Waals surface area contributed by atoms with Crippen molar-refractivity contribution in [2.75, 3.05) is 6.54 Å². The van der Waals surface area contributed by atoms with Crippen LogP contribution in [-0.4, -0.2) is 35.6 Å². The smallest absolute Gasteiger partial charge is 0.407 e. The van der Waals surface area contributed by atoms with Crippen molar-refractivity contribution in [2.24, 2.45) is 0 Å². The van der Waals surface area contributed by atoms with Gasteiger partial charge in [-0.05, 0) is 64.5 Å². The van der Waals surface area contributed by atoms with Crippen LogP contribution in [0.1, 0.15) is 51.7 Å². The average Bonchev–Trinajstić information content (AvgIpc) is 2.49. The van der Waals surface area contributed by atoms with Crippen molar-refractivity contribution in [3.8, 4) is 5.75 Å². The number of hydrogen-bond acceptors (Lipinski definition) is 4. The molecule has 0 spiro atoms. The third kappa shape index (κ3) is 5.41. The van der Waals surface area contributed by atoms with Gasteiger partial charge in [-0.15, -0.1) is 0 Å². The standard InChI is InChI=1S/C19H29NO4/c1-13(21)16-11-10-15-8-5-7-14(17(15)23-16)9-6-12-20-18(22)24-19(2,3)4/h5,7-8,13,16,21H,6,9-12H2,1-4H3,(H,20,22)/t13-,16-/m1/s1. The Kier molecular flexibility index (Phi) is 6.10. The third-order valence-corrected chi connectivity index (χ3v) is 3.97. The lowest BCUT2D eigenvalue weighted by molar-refractivity contribution is 0.0350. The Morgan fingerprint density at radius 1 is 1.46 bits per heavy atom. The van der Waals surface area contributed by atoms with Gasteiger partial charge in [-0.1, -0.05) is 18.2 Å². The molecule has 0 aliphatic carbocycles. The first-order valence-electron chi connectivity index (χ1n) is 8.68. The van der Waals surface area contributed by atoms with Gasteiger partial charge < -0.3 is 19.9 Å². The van der Waals surface area contributed by atoms with Crippen LogP contribution in [0.25, 0.3) is 0 Å². The van der Waals surface area contributed by atoms with E-state index >= 15 is 0 Å². The van der Waals surface area contributed by atoms with Crippen molar-refractivity contribution in [1.29, 1.82) is 0 Å². The molecule has 2 N–H and O–H groups in total. The number of nitrogens with one attached hydrogen (secondary N) is 1. The number of hydrogen-bond donors (Lipinski definition) is 2. The lowest BCUT2D eigenvalue weighted by Gasteiger charge is -2.29. The molecule has 0 saturated carbocycles. The van der Waals surface area contributed by atoms with E-state index in [1.54, 1.807) is 6.92 Å². The van der Waals surface area contributed by atoms with Crippen molar-refractivity contribution >= 4 is 6.09 Å².